The Morgan fingerprint density at radius 2 is 1.85 bits per heavy atom. The summed E-state index contributed by atoms with van der Waals surface area (Å²) in [5.41, 5.74) is 12.7. The van der Waals surface area contributed by atoms with Gasteiger partial charge in [-0.25, -0.2) is 4.79 Å². The number of carboxylic acids is 2. The predicted molar refractivity (Wildman–Crippen MR) is 126 cm³/mol. The van der Waals surface area contributed by atoms with Gasteiger partial charge >= 0.3 is 11.9 Å². The molecule has 2 fully saturated rings. The summed E-state index contributed by atoms with van der Waals surface area (Å²) in [6.45, 7) is 6.92. The molecule has 0 spiro atoms. The number of hydrogen-bond acceptors (Lipinski definition) is 10. The zero-order valence-electron chi connectivity index (χ0n) is 19.6. The van der Waals surface area contributed by atoms with Crippen molar-refractivity contribution in [3.05, 3.63) is 12.3 Å². The molecule has 0 bridgehead atoms. The van der Waals surface area contributed by atoms with Crippen molar-refractivity contribution in [2.24, 2.45) is 17.4 Å². The van der Waals surface area contributed by atoms with Gasteiger partial charge in [-0.05, 0) is 45.1 Å². The smallest absolute Gasteiger partial charge is 0.326 e. The lowest BCUT2D eigenvalue weighted by molar-refractivity contribution is -0.140. The Morgan fingerprint density at radius 1 is 1.15 bits per heavy atom. The SMILES string of the molecule is C=C(NC(CCC(=O)O)C(=O)O)C1CCC(N(C)CC2CNCNC(N)NC(N)CN2)CC1. The van der Waals surface area contributed by atoms with Crippen molar-refractivity contribution in [1.82, 2.24) is 31.5 Å². The summed E-state index contributed by atoms with van der Waals surface area (Å²) in [5.74, 6) is -1.87. The Morgan fingerprint density at radius 3 is 2.48 bits per heavy atom. The number of nitrogens with zero attached hydrogens (tertiary/aromatic N) is 1. The van der Waals surface area contributed by atoms with Gasteiger partial charge in [0.2, 0.25) is 0 Å². The summed E-state index contributed by atoms with van der Waals surface area (Å²) in [5, 5.41) is 34.2. The Bertz CT molecular complexity index is 644. The Balaban J connectivity index is 1.78. The van der Waals surface area contributed by atoms with E-state index in [1.165, 1.54) is 0 Å². The molecule has 190 valence electrons. The molecule has 2 rings (SSSR count). The monoisotopic (exact) mass is 470 g/mol. The van der Waals surface area contributed by atoms with Gasteiger partial charge in [0.05, 0.1) is 6.17 Å². The van der Waals surface area contributed by atoms with E-state index >= 15 is 0 Å². The molecule has 4 unspecified atom stereocenters. The first kappa shape index (κ1) is 27.4. The molecule has 1 saturated carbocycles. The summed E-state index contributed by atoms with van der Waals surface area (Å²) in [4.78, 5) is 24.6. The van der Waals surface area contributed by atoms with Crippen molar-refractivity contribution in [3.63, 3.8) is 0 Å². The highest BCUT2D eigenvalue weighted by molar-refractivity contribution is 5.75. The van der Waals surface area contributed by atoms with Gasteiger partial charge in [-0.1, -0.05) is 6.58 Å². The Hall–Kier alpha value is -1.80. The quantitative estimate of drug-likeness (QED) is 0.173. The highest BCUT2D eigenvalue weighted by Crippen LogP contribution is 2.30. The molecule has 2 aliphatic rings. The minimum atomic E-state index is -1.05. The van der Waals surface area contributed by atoms with Crippen LogP contribution in [0.15, 0.2) is 12.3 Å². The first-order valence-electron chi connectivity index (χ1n) is 11.7. The number of carbonyl (C=O) groups is 2. The summed E-state index contributed by atoms with van der Waals surface area (Å²) >= 11 is 0. The third-order valence-corrected chi connectivity index (χ3v) is 6.48. The highest BCUT2D eigenvalue weighted by Gasteiger charge is 2.29. The number of carboxylic acid groups (broad SMARTS) is 2. The minimum Gasteiger partial charge on any atom is -0.481 e. The summed E-state index contributed by atoms with van der Waals surface area (Å²) < 4.78 is 0. The highest BCUT2D eigenvalue weighted by atomic mass is 16.4. The van der Waals surface area contributed by atoms with Crippen molar-refractivity contribution >= 4 is 11.9 Å². The van der Waals surface area contributed by atoms with Gasteiger partial charge in [-0.2, -0.15) is 0 Å². The maximum Gasteiger partial charge on any atom is 0.326 e. The average Bonchev–Trinajstić information content (AvgIpc) is 2.76. The number of allylic oxidation sites excluding steroid dienone is 1. The maximum atomic E-state index is 11.4. The van der Waals surface area contributed by atoms with Crippen LogP contribution in [-0.2, 0) is 9.59 Å². The molecule has 0 amide bonds. The zero-order chi connectivity index (χ0) is 24.4. The average molecular weight is 471 g/mol. The van der Waals surface area contributed by atoms with Gasteiger partial charge in [0.15, 0.2) is 0 Å². The van der Waals surface area contributed by atoms with E-state index in [1.807, 2.05) is 0 Å². The summed E-state index contributed by atoms with van der Waals surface area (Å²) in [6, 6.07) is -0.254. The first-order valence-corrected chi connectivity index (χ1v) is 11.7. The van der Waals surface area contributed by atoms with Crippen LogP contribution in [0.4, 0.5) is 0 Å². The molecular weight excluding hydrogens is 428 g/mol. The fourth-order valence-corrected chi connectivity index (χ4v) is 4.50. The second kappa shape index (κ2) is 13.8. The van der Waals surface area contributed by atoms with Crippen LogP contribution in [0, 0.1) is 5.92 Å². The third kappa shape index (κ3) is 9.92. The lowest BCUT2D eigenvalue weighted by Crippen LogP contribution is -2.63. The normalized spacial score (nSPS) is 30.4. The molecule has 1 aliphatic heterocycles. The molecule has 0 aromatic rings. The van der Waals surface area contributed by atoms with Crippen LogP contribution in [0.1, 0.15) is 38.5 Å². The van der Waals surface area contributed by atoms with Crippen LogP contribution in [0.5, 0.6) is 0 Å². The number of rotatable bonds is 10. The van der Waals surface area contributed by atoms with E-state index in [0.29, 0.717) is 25.0 Å². The molecule has 0 aromatic carbocycles. The van der Waals surface area contributed by atoms with E-state index in [9.17, 15) is 14.7 Å². The van der Waals surface area contributed by atoms with Crippen molar-refractivity contribution in [2.75, 3.05) is 33.4 Å². The molecule has 0 radical (unpaired) electrons. The predicted octanol–water partition coefficient (Wildman–Crippen LogP) is -1.88. The van der Waals surface area contributed by atoms with Crippen LogP contribution in [-0.4, -0.2) is 91.0 Å². The lowest BCUT2D eigenvalue weighted by Gasteiger charge is -2.38. The van der Waals surface area contributed by atoms with Crippen molar-refractivity contribution in [3.8, 4) is 0 Å². The third-order valence-electron chi connectivity index (χ3n) is 6.48. The molecule has 1 aliphatic carbocycles. The lowest BCUT2D eigenvalue weighted by atomic mass is 9.83. The topological polar surface area (TPSA) is 190 Å². The van der Waals surface area contributed by atoms with Gasteiger partial charge in [0.25, 0.3) is 0 Å². The molecule has 33 heavy (non-hydrogen) atoms. The second-order valence-electron chi connectivity index (χ2n) is 9.13. The van der Waals surface area contributed by atoms with Crippen molar-refractivity contribution < 1.29 is 19.8 Å². The molecule has 0 aromatic heterocycles. The number of nitrogens with one attached hydrogen (secondary N) is 5. The molecule has 12 heteroatoms. The van der Waals surface area contributed by atoms with Crippen LogP contribution in [0.3, 0.4) is 0 Å². The number of nitrogens with two attached hydrogens (primary N) is 2. The van der Waals surface area contributed by atoms with Gasteiger partial charge in [-0.15, -0.1) is 0 Å². The maximum absolute atomic E-state index is 11.4. The second-order valence-corrected chi connectivity index (χ2v) is 9.13. The van der Waals surface area contributed by atoms with Crippen molar-refractivity contribution in [2.45, 2.75) is 69.1 Å². The summed E-state index contributed by atoms with van der Waals surface area (Å²) in [7, 11) is 2.14. The van der Waals surface area contributed by atoms with Gasteiger partial charge in [-0.3, -0.25) is 15.4 Å². The molecule has 1 heterocycles. The van der Waals surface area contributed by atoms with E-state index in [4.69, 9.17) is 16.6 Å². The van der Waals surface area contributed by atoms with Crippen LogP contribution in [0.25, 0.3) is 0 Å². The molecule has 1 saturated heterocycles. The van der Waals surface area contributed by atoms with E-state index in [2.05, 4.69) is 45.1 Å². The van der Waals surface area contributed by atoms with Gasteiger partial charge in [0.1, 0.15) is 12.3 Å². The fraction of sp³-hybridized carbons (Fsp3) is 0.810. The van der Waals surface area contributed by atoms with Gasteiger partial charge < -0.3 is 42.5 Å². The number of likely N-dealkylation sites (N-methyl/N-ethyl adjacent to an activating group) is 1. The fourth-order valence-electron chi connectivity index (χ4n) is 4.50. The number of aliphatic carboxylic acids is 2. The standard InChI is InChI=1S/C21H42N8O4/c1-13(27-17(20(32)33)7-8-19(30)31)14-3-5-16(6-4-14)29(2)11-15-9-24-12-26-21(23)28-18(22)10-25-15/h14-18,21,24-28H,1,3-12,22-23H2,2H3,(H,30,31)(H,32,33). The van der Waals surface area contributed by atoms with E-state index in [0.717, 1.165) is 38.8 Å². The Labute approximate surface area is 195 Å². The summed E-state index contributed by atoms with van der Waals surface area (Å²) in [6.07, 6.45) is 3.07. The zero-order valence-corrected chi connectivity index (χ0v) is 19.6. The van der Waals surface area contributed by atoms with E-state index in [-0.39, 0.29) is 37.3 Å². The van der Waals surface area contributed by atoms with Crippen LogP contribution < -0.4 is 38.1 Å². The van der Waals surface area contributed by atoms with E-state index < -0.39 is 18.0 Å². The first-order chi connectivity index (χ1) is 15.7. The Kier molecular flexibility index (Phi) is 11.5. The molecule has 11 N–H and O–H groups in total. The van der Waals surface area contributed by atoms with Crippen molar-refractivity contribution in [1.29, 1.82) is 0 Å². The molecule has 12 nitrogen and oxygen atoms in total. The largest absolute Gasteiger partial charge is 0.481 e. The number of hydrogen-bond donors (Lipinski definition) is 9. The molecular formula is C21H42N8O4. The van der Waals surface area contributed by atoms with Crippen LogP contribution >= 0.6 is 0 Å². The van der Waals surface area contributed by atoms with E-state index in [1.54, 1.807) is 0 Å². The van der Waals surface area contributed by atoms with Crippen LogP contribution in [0.2, 0.25) is 0 Å². The minimum absolute atomic E-state index is 0.0326. The molecule has 4 atom stereocenters. The van der Waals surface area contributed by atoms with Gasteiger partial charge in [0, 0.05) is 50.5 Å².